The number of hydrogen-bond donors (Lipinski definition) is 1. The highest BCUT2D eigenvalue weighted by molar-refractivity contribution is 8.00. The lowest BCUT2D eigenvalue weighted by Crippen LogP contribution is -2.68. The molecule has 3 heterocycles. The standard InChI is InChI=1S/C15H11F6N3O5S/c16-14(17,18)4-23-2-5(9(23)25)1-6-3-30-11-7(22)10(26)24(11)8(6)12(27)29-13(28)15(19,20)21/h1,7,11H,2-4,22H2/b5-1-/t7-,11-/m1/s1. The van der Waals surface area contributed by atoms with Gasteiger partial charge < -0.3 is 15.4 Å². The van der Waals surface area contributed by atoms with Gasteiger partial charge in [0.2, 0.25) is 5.91 Å². The van der Waals surface area contributed by atoms with Crippen molar-refractivity contribution in [2.45, 2.75) is 23.8 Å². The highest BCUT2D eigenvalue weighted by Gasteiger charge is 2.53. The fourth-order valence-corrected chi connectivity index (χ4v) is 4.20. The van der Waals surface area contributed by atoms with Gasteiger partial charge in [-0.2, -0.15) is 26.3 Å². The Balaban J connectivity index is 1.89. The van der Waals surface area contributed by atoms with Crippen LogP contribution in [0.25, 0.3) is 0 Å². The molecule has 2 fully saturated rings. The number of likely N-dealkylation sites (tertiary alicyclic amines) is 1. The molecular formula is C15H11F6N3O5S. The number of halogens is 6. The number of allylic oxidation sites excluding steroid dienone is 1. The number of alkyl halides is 6. The third kappa shape index (κ3) is 4.03. The van der Waals surface area contributed by atoms with Gasteiger partial charge in [-0.05, 0) is 11.6 Å². The fraction of sp³-hybridized carbons (Fsp3) is 0.467. The number of thioether (sulfide) groups is 1. The Morgan fingerprint density at radius 2 is 1.83 bits per heavy atom. The molecule has 2 saturated heterocycles. The zero-order chi connectivity index (χ0) is 22.6. The van der Waals surface area contributed by atoms with Gasteiger partial charge in [-0.3, -0.25) is 14.5 Å². The number of nitrogens with two attached hydrogens (primary N) is 1. The molecule has 0 aromatic heterocycles. The zero-order valence-corrected chi connectivity index (χ0v) is 15.4. The van der Waals surface area contributed by atoms with Crippen LogP contribution in [-0.2, 0) is 23.9 Å². The largest absolute Gasteiger partial charge is 0.491 e. The zero-order valence-electron chi connectivity index (χ0n) is 14.5. The van der Waals surface area contributed by atoms with Crippen LogP contribution in [-0.4, -0.2) is 76.2 Å². The Labute approximate surface area is 167 Å². The minimum atomic E-state index is -5.48. The van der Waals surface area contributed by atoms with E-state index in [1.165, 1.54) is 0 Å². The molecule has 3 aliphatic heterocycles. The monoisotopic (exact) mass is 459 g/mol. The Morgan fingerprint density at radius 1 is 1.20 bits per heavy atom. The van der Waals surface area contributed by atoms with Crippen molar-refractivity contribution < 1.29 is 50.3 Å². The van der Waals surface area contributed by atoms with E-state index >= 15 is 0 Å². The molecule has 2 N–H and O–H groups in total. The Hall–Kier alpha value is -2.55. The summed E-state index contributed by atoms with van der Waals surface area (Å²) in [5.41, 5.74) is 4.56. The van der Waals surface area contributed by atoms with Crippen molar-refractivity contribution in [1.29, 1.82) is 0 Å². The predicted octanol–water partition coefficient (Wildman–Crippen LogP) is 0.446. The topological polar surface area (TPSA) is 110 Å². The van der Waals surface area contributed by atoms with Crippen LogP contribution in [0.2, 0.25) is 0 Å². The van der Waals surface area contributed by atoms with Crippen LogP contribution in [0.5, 0.6) is 0 Å². The number of carbonyl (C=O) groups excluding carboxylic acids is 4. The average molecular weight is 459 g/mol. The number of ether oxygens (including phenoxy) is 1. The molecule has 0 radical (unpaired) electrons. The van der Waals surface area contributed by atoms with Gasteiger partial charge in [-0.25, -0.2) is 9.59 Å². The summed E-state index contributed by atoms with van der Waals surface area (Å²) >= 11 is 1.02. The molecule has 164 valence electrons. The number of β-lactam (4-membered cyclic amide) rings is 2. The van der Waals surface area contributed by atoms with Crippen molar-refractivity contribution in [3.63, 3.8) is 0 Å². The van der Waals surface area contributed by atoms with Crippen molar-refractivity contribution in [3.05, 3.63) is 22.9 Å². The summed E-state index contributed by atoms with van der Waals surface area (Å²) in [6, 6.07) is -1.04. The summed E-state index contributed by atoms with van der Waals surface area (Å²) in [5.74, 6) is -6.52. The van der Waals surface area contributed by atoms with Crippen LogP contribution in [0, 0.1) is 0 Å². The molecule has 0 spiro atoms. The first-order chi connectivity index (χ1) is 13.7. The lowest BCUT2D eigenvalue weighted by Gasteiger charge is -2.48. The molecule has 0 aromatic rings. The number of nitrogens with zero attached hydrogens (tertiary/aromatic N) is 2. The molecule has 0 unspecified atom stereocenters. The first kappa shape index (κ1) is 22.1. The summed E-state index contributed by atoms with van der Waals surface area (Å²) in [5, 5.41) is -0.804. The van der Waals surface area contributed by atoms with Gasteiger partial charge in [0, 0.05) is 11.3 Å². The van der Waals surface area contributed by atoms with E-state index in [1.54, 1.807) is 0 Å². The predicted molar refractivity (Wildman–Crippen MR) is 86.0 cm³/mol. The normalized spacial score (nSPS) is 25.8. The van der Waals surface area contributed by atoms with Crippen molar-refractivity contribution in [3.8, 4) is 0 Å². The minimum Gasteiger partial charge on any atom is -0.382 e. The van der Waals surface area contributed by atoms with E-state index in [1.807, 2.05) is 0 Å². The molecule has 0 aliphatic carbocycles. The Kier molecular flexibility index (Phi) is 5.39. The van der Waals surface area contributed by atoms with Crippen molar-refractivity contribution >= 4 is 35.5 Å². The van der Waals surface area contributed by atoms with E-state index < -0.39 is 66.3 Å². The molecule has 0 bridgehead atoms. The lowest BCUT2D eigenvalue weighted by molar-refractivity contribution is -0.201. The van der Waals surface area contributed by atoms with Crippen LogP contribution in [0.3, 0.4) is 0 Å². The van der Waals surface area contributed by atoms with Gasteiger partial charge in [-0.1, -0.05) is 0 Å². The van der Waals surface area contributed by atoms with Crippen LogP contribution in [0.4, 0.5) is 26.3 Å². The molecule has 15 heteroatoms. The number of esters is 2. The quantitative estimate of drug-likeness (QED) is 0.215. The summed E-state index contributed by atoms with van der Waals surface area (Å²) in [4.78, 5) is 48.3. The molecule has 0 saturated carbocycles. The third-order valence-electron chi connectivity index (χ3n) is 4.29. The van der Waals surface area contributed by atoms with E-state index in [0.717, 1.165) is 22.7 Å². The SMILES string of the molecule is N[C@@H]1C(=O)N2C(C(=O)OC(=O)C(F)(F)F)=C(/C=C3/CN(CC(F)(F)F)C3=O)CS[C@H]12. The molecule has 0 aromatic carbocycles. The number of fused-ring (bicyclic) bond motifs is 1. The van der Waals surface area contributed by atoms with E-state index in [-0.39, 0.29) is 16.9 Å². The summed E-state index contributed by atoms with van der Waals surface area (Å²) in [7, 11) is 0. The van der Waals surface area contributed by atoms with Gasteiger partial charge in [0.15, 0.2) is 0 Å². The maximum absolute atomic E-state index is 12.4. The number of carbonyl (C=O) groups is 4. The number of rotatable bonds is 3. The Bertz CT molecular complexity index is 896. The van der Waals surface area contributed by atoms with E-state index in [0.29, 0.717) is 4.90 Å². The molecule has 30 heavy (non-hydrogen) atoms. The second-order valence-corrected chi connectivity index (χ2v) is 7.54. The van der Waals surface area contributed by atoms with Crippen LogP contribution in [0.1, 0.15) is 0 Å². The first-order valence-electron chi connectivity index (χ1n) is 8.04. The summed E-state index contributed by atoms with van der Waals surface area (Å²) in [6.45, 7) is -1.92. The number of amides is 2. The second kappa shape index (κ2) is 7.30. The smallest absolute Gasteiger partial charge is 0.382 e. The first-order valence-corrected chi connectivity index (χ1v) is 9.09. The van der Waals surface area contributed by atoms with Gasteiger partial charge in [0.25, 0.3) is 5.91 Å². The van der Waals surface area contributed by atoms with Crippen LogP contribution < -0.4 is 5.73 Å². The molecule has 2 atom stereocenters. The van der Waals surface area contributed by atoms with E-state index in [2.05, 4.69) is 4.74 Å². The summed E-state index contributed by atoms with van der Waals surface area (Å²) in [6.07, 6.45) is -9.10. The maximum Gasteiger partial charge on any atom is 0.491 e. The van der Waals surface area contributed by atoms with E-state index in [4.69, 9.17) is 5.73 Å². The molecule has 3 aliphatic rings. The molecule has 3 rings (SSSR count). The third-order valence-corrected chi connectivity index (χ3v) is 5.61. The lowest BCUT2D eigenvalue weighted by atomic mass is 9.99. The average Bonchev–Trinajstić information content (AvgIpc) is 2.63. The van der Waals surface area contributed by atoms with Crippen LogP contribution in [0.15, 0.2) is 22.9 Å². The highest BCUT2D eigenvalue weighted by atomic mass is 32.2. The summed E-state index contributed by atoms with van der Waals surface area (Å²) < 4.78 is 78.2. The van der Waals surface area contributed by atoms with Gasteiger partial charge in [-0.15, -0.1) is 11.8 Å². The second-order valence-electron chi connectivity index (χ2n) is 6.43. The number of hydrogen-bond acceptors (Lipinski definition) is 7. The van der Waals surface area contributed by atoms with Crippen molar-refractivity contribution in [2.75, 3.05) is 18.8 Å². The van der Waals surface area contributed by atoms with Gasteiger partial charge >= 0.3 is 24.3 Å². The van der Waals surface area contributed by atoms with Gasteiger partial charge in [0.1, 0.15) is 23.7 Å². The van der Waals surface area contributed by atoms with Gasteiger partial charge in [0.05, 0.1) is 6.54 Å². The Morgan fingerprint density at radius 3 is 2.37 bits per heavy atom. The maximum atomic E-state index is 12.4. The molecule has 8 nitrogen and oxygen atoms in total. The minimum absolute atomic E-state index is 0.108. The van der Waals surface area contributed by atoms with Crippen molar-refractivity contribution in [2.24, 2.45) is 5.73 Å². The van der Waals surface area contributed by atoms with Crippen LogP contribution >= 0.6 is 11.8 Å². The fourth-order valence-electron chi connectivity index (χ4n) is 2.95. The molecule has 2 amide bonds. The molecular weight excluding hydrogens is 448 g/mol. The van der Waals surface area contributed by atoms with E-state index in [9.17, 15) is 45.5 Å². The highest BCUT2D eigenvalue weighted by Crippen LogP contribution is 2.41. The van der Waals surface area contributed by atoms with Crippen molar-refractivity contribution in [1.82, 2.24) is 9.80 Å².